The van der Waals surface area contributed by atoms with Gasteiger partial charge in [-0.15, -0.1) is 0 Å². The molecule has 1 aliphatic carbocycles. The number of anilines is 1. The zero-order valence-electron chi connectivity index (χ0n) is 9.93. The number of benzene rings is 1. The van der Waals surface area contributed by atoms with Crippen LogP contribution in [0.1, 0.15) is 30.9 Å². The summed E-state index contributed by atoms with van der Waals surface area (Å²) in [7, 11) is 0. The van der Waals surface area contributed by atoms with E-state index in [0.717, 1.165) is 0 Å². The van der Waals surface area contributed by atoms with Crippen molar-refractivity contribution in [2.75, 3.05) is 5.32 Å². The first-order valence-electron chi connectivity index (χ1n) is 5.82. The predicted molar refractivity (Wildman–Crippen MR) is 62.0 cm³/mol. The Morgan fingerprint density at radius 2 is 1.94 bits per heavy atom. The minimum absolute atomic E-state index is 0.249. The molecule has 2 rings (SSSR count). The maximum absolute atomic E-state index is 12.7. The molecule has 17 heavy (non-hydrogen) atoms. The zero-order valence-corrected chi connectivity index (χ0v) is 9.93. The van der Waals surface area contributed by atoms with Crippen molar-refractivity contribution in [2.45, 2.75) is 38.9 Å². The van der Waals surface area contributed by atoms with Gasteiger partial charge in [-0.05, 0) is 50.3 Å². The second kappa shape index (κ2) is 4.24. The quantitative estimate of drug-likeness (QED) is 0.837. The van der Waals surface area contributed by atoms with Crippen LogP contribution in [0.25, 0.3) is 0 Å². The largest absolute Gasteiger partial charge is 0.416 e. The lowest BCUT2D eigenvalue weighted by molar-refractivity contribution is -0.138. The summed E-state index contributed by atoms with van der Waals surface area (Å²) in [5.74, 6) is 0.616. The van der Waals surface area contributed by atoms with Crippen molar-refractivity contribution in [3.05, 3.63) is 29.3 Å². The van der Waals surface area contributed by atoms with Crippen molar-refractivity contribution < 1.29 is 13.2 Å². The van der Waals surface area contributed by atoms with Gasteiger partial charge in [-0.25, -0.2) is 0 Å². The lowest BCUT2D eigenvalue weighted by Gasteiger charge is -2.17. The molecule has 0 aliphatic heterocycles. The van der Waals surface area contributed by atoms with Gasteiger partial charge >= 0.3 is 6.18 Å². The van der Waals surface area contributed by atoms with Crippen LogP contribution in [0.5, 0.6) is 0 Å². The highest BCUT2D eigenvalue weighted by atomic mass is 19.4. The molecule has 0 aromatic heterocycles. The lowest BCUT2D eigenvalue weighted by atomic mass is 10.1. The van der Waals surface area contributed by atoms with E-state index in [2.05, 4.69) is 5.32 Å². The summed E-state index contributed by atoms with van der Waals surface area (Å²) < 4.78 is 38.1. The van der Waals surface area contributed by atoms with Gasteiger partial charge in [0, 0.05) is 11.7 Å². The summed E-state index contributed by atoms with van der Waals surface area (Å²) in [6, 6.07) is 4.68. The van der Waals surface area contributed by atoms with Crippen LogP contribution in [0.15, 0.2) is 18.2 Å². The molecule has 1 saturated carbocycles. The van der Waals surface area contributed by atoms with Crippen molar-refractivity contribution in [3.8, 4) is 0 Å². The van der Waals surface area contributed by atoms with Crippen molar-refractivity contribution in [2.24, 2.45) is 5.92 Å². The molecule has 0 bridgehead atoms. The van der Waals surface area contributed by atoms with Crippen LogP contribution in [0, 0.1) is 12.8 Å². The van der Waals surface area contributed by atoms with E-state index in [1.54, 1.807) is 6.07 Å². The summed E-state index contributed by atoms with van der Waals surface area (Å²) >= 11 is 0. The van der Waals surface area contributed by atoms with Gasteiger partial charge in [0.25, 0.3) is 0 Å². The predicted octanol–water partition coefficient (Wildman–Crippen LogP) is 4.22. The number of hydrogen-bond donors (Lipinski definition) is 1. The van der Waals surface area contributed by atoms with Crippen LogP contribution in [0.2, 0.25) is 0 Å². The lowest BCUT2D eigenvalue weighted by Crippen LogP contribution is -2.18. The van der Waals surface area contributed by atoms with Crippen LogP contribution in [0.3, 0.4) is 0 Å². The van der Waals surface area contributed by atoms with E-state index in [-0.39, 0.29) is 11.6 Å². The highest BCUT2D eigenvalue weighted by molar-refractivity contribution is 5.50. The second-order valence-electron chi connectivity index (χ2n) is 4.80. The molecule has 0 spiro atoms. The Morgan fingerprint density at radius 1 is 1.29 bits per heavy atom. The normalized spacial score (nSPS) is 17.9. The Morgan fingerprint density at radius 3 is 2.47 bits per heavy atom. The van der Waals surface area contributed by atoms with E-state index >= 15 is 0 Å². The van der Waals surface area contributed by atoms with E-state index in [0.29, 0.717) is 11.6 Å². The fourth-order valence-corrected chi connectivity index (χ4v) is 1.99. The van der Waals surface area contributed by atoms with Gasteiger partial charge in [0.05, 0.1) is 5.56 Å². The Kier molecular flexibility index (Phi) is 3.06. The molecule has 1 fully saturated rings. The molecular weight excluding hydrogens is 227 g/mol. The smallest absolute Gasteiger partial charge is 0.382 e. The SMILES string of the molecule is Cc1ccc(NC(C)C2CC2)cc1C(F)(F)F. The molecule has 0 saturated heterocycles. The van der Waals surface area contributed by atoms with Crippen molar-refractivity contribution in [1.29, 1.82) is 0 Å². The first-order valence-corrected chi connectivity index (χ1v) is 5.82. The van der Waals surface area contributed by atoms with Crippen molar-refractivity contribution in [1.82, 2.24) is 0 Å². The highest BCUT2D eigenvalue weighted by Gasteiger charge is 2.33. The third kappa shape index (κ3) is 2.93. The number of alkyl halides is 3. The van der Waals surface area contributed by atoms with Gasteiger partial charge in [0.1, 0.15) is 0 Å². The molecule has 1 aromatic rings. The Hall–Kier alpha value is -1.19. The third-order valence-electron chi connectivity index (χ3n) is 3.27. The van der Waals surface area contributed by atoms with Crippen LogP contribution < -0.4 is 5.32 Å². The Labute approximate surface area is 99.0 Å². The minimum atomic E-state index is -4.27. The Balaban J connectivity index is 2.18. The molecule has 0 radical (unpaired) electrons. The molecule has 1 aliphatic rings. The second-order valence-corrected chi connectivity index (χ2v) is 4.80. The first kappa shape index (κ1) is 12.3. The van der Waals surface area contributed by atoms with Crippen LogP contribution >= 0.6 is 0 Å². The highest BCUT2D eigenvalue weighted by Crippen LogP contribution is 2.36. The molecule has 1 nitrogen and oxygen atoms in total. The van der Waals surface area contributed by atoms with Gasteiger partial charge in [-0.2, -0.15) is 13.2 Å². The molecule has 94 valence electrons. The Bertz CT molecular complexity index is 408. The van der Waals surface area contributed by atoms with Gasteiger partial charge in [-0.3, -0.25) is 0 Å². The molecule has 1 atom stereocenters. The number of halogens is 3. The van der Waals surface area contributed by atoms with Gasteiger partial charge < -0.3 is 5.32 Å². The molecule has 1 aromatic carbocycles. The standard InChI is InChI=1S/C13H16F3N/c1-8-3-6-11(7-12(8)13(14,15)16)17-9(2)10-4-5-10/h3,6-7,9-10,17H,4-5H2,1-2H3. The molecule has 4 heteroatoms. The minimum Gasteiger partial charge on any atom is -0.382 e. The third-order valence-corrected chi connectivity index (χ3v) is 3.27. The molecule has 0 amide bonds. The van der Waals surface area contributed by atoms with Crippen molar-refractivity contribution >= 4 is 5.69 Å². The molecule has 0 heterocycles. The van der Waals surface area contributed by atoms with Gasteiger partial charge in [0.2, 0.25) is 0 Å². The van der Waals surface area contributed by atoms with Crippen LogP contribution in [0.4, 0.5) is 18.9 Å². The van der Waals surface area contributed by atoms with E-state index in [1.165, 1.54) is 31.9 Å². The van der Waals surface area contributed by atoms with Crippen molar-refractivity contribution in [3.63, 3.8) is 0 Å². The number of nitrogens with one attached hydrogen (secondary N) is 1. The first-order chi connectivity index (χ1) is 7.88. The topological polar surface area (TPSA) is 12.0 Å². The summed E-state index contributed by atoms with van der Waals surface area (Å²) in [6.07, 6.45) is -1.93. The van der Waals surface area contributed by atoms with Gasteiger partial charge in [-0.1, -0.05) is 6.07 Å². The van der Waals surface area contributed by atoms with E-state index < -0.39 is 11.7 Å². The fourth-order valence-electron chi connectivity index (χ4n) is 1.99. The van der Waals surface area contributed by atoms with Gasteiger partial charge in [0.15, 0.2) is 0 Å². The zero-order chi connectivity index (χ0) is 12.6. The average Bonchev–Trinajstić information content (AvgIpc) is 3.02. The summed E-state index contributed by atoms with van der Waals surface area (Å²) in [5, 5.41) is 3.14. The van der Waals surface area contributed by atoms with E-state index in [1.807, 2.05) is 6.92 Å². The number of rotatable bonds is 3. The number of hydrogen-bond acceptors (Lipinski definition) is 1. The average molecular weight is 243 g/mol. The van der Waals surface area contributed by atoms with E-state index in [9.17, 15) is 13.2 Å². The van der Waals surface area contributed by atoms with Crippen LogP contribution in [-0.2, 0) is 6.18 Å². The number of aryl methyl sites for hydroxylation is 1. The monoisotopic (exact) mass is 243 g/mol. The summed E-state index contributed by atoms with van der Waals surface area (Å²) in [6.45, 7) is 3.50. The molecule has 1 N–H and O–H groups in total. The van der Waals surface area contributed by atoms with Crippen LogP contribution in [-0.4, -0.2) is 6.04 Å². The molecular formula is C13H16F3N. The molecule has 1 unspecified atom stereocenters. The summed E-state index contributed by atoms with van der Waals surface area (Å²) in [4.78, 5) is 0. The maximum Gasteiger partial charge on any atom is 0.416 e. The van der Waals surface area contributed by atoms with E-state index in [4.69, 9.17) is 0 Å². The maximum atomic E-state index is 12.7. The fraction of sp³-hybridized carbons (Fsp3) is 0.538. The summed E-state index contributed by atoms with van der Waals surface area (Å²) in [5.41, 5.74) is 0.273.